The Labute approximate surface area is 50.2 Å². The van der Waals surface area contributed by atoms with Crippen molar-refractivity contribution in [3.8, 4) is 0 Å². The molecule has 0 heterocycles. The predicted molar refractivity (Wildman–Crippen MR) is 36.7 cm³/mol. The molecular formula is C5H11NS. The van der Waals surface area contributed by atoms with Gasteiger partial charge in [0.15, 0.2) is 0 Å². The van der Waals surface area contributed by atoms with Crippen molar-refractivity contribution >= 4 is 12.6 Å². The van der Waals surface area contributed by atoms with Crippen molar-refractivity contribution in [1.82, 2.24) is 5.32 Å². The van der Waals surface area contributed by atoms with Crippen molar-refractivity contribution in [1.29, 1.82) is 0 Å². The second-order valence-corrected chi connectivity index (χ2v) is 1.68. The number of hydrogen-bond donors (Lipinski definition) is 2. The zero-order valence-corrected chi connectivity index (χ0v) is 5.25. The van der Waals surface area contributed by atoms with E-state index in [-0.39, 0.29) is 0 Å². The molecular weight excluding hydrogens is 106 g/mol. The normalized spacial score (nSPS) is 8.14. The van der Waals surface area contributed by atoms with Gasteiger partial charge in [0.05, 0.1) is 0 Å². The smallest absolute Gasteiger partial charge is 0.0149 e. The molecule has 1 N–H and O–H groups in total. The predicted octanol–water partition coefficient (Wildman–Crippen LogP) is 1.04. The molecule has 0 radical (unpaired) electrons. The van der Waals surface area contributed by atoms with E-state index in [1.807, 2.05) is 0 Å². The summed E-state index contributed by atoms with van der Waals surface area (Å²) in [7, 11) is 0. The maximum atomic E-state index is 4.02. The van der Waals surface area contributed by atoms with Crippen LogP contribution < -0.4 is 5.32 Å². The summed E-state index contributed by atoms with van der Waals surface area (Å²) < 4.78 is 0. The Morgan fingerprint density at radius 2 is 2.43 bits per heavy atom. The zero-order chi connectivity index (χ0) is 5.54. The maximum Gasteiger partial charge on any atom is 0.0149 e. The molecule has 2 heteroatoms. The third kappa shape index (κ3) is 5.89. The summed E-state index contributed by atoms with van der Waals surface area (Å²) >= 11 is 4.02. The first-order valence-corrected chi connectivity index (χ1v) is 3.00. The van der Waals surface area contributed by atoms with Crippen LogP contribution in [0.3, 0.4) is 0 Å². The fraction of sp³-hybridized carbons (Fsp3) is 0.600. The summed E-state index contributed by atoms with van der Waals surface area (Å²) in [6.45, 7) is 4.49. The summed E-state index contributed by atoms with van der Waals surface area (Å²) in [5.41, 5.74) is 0. The molecule has 0 aliphatic heterocycles. The molecule has 0 saturated heterocycles. The van der Waals surface area contributed by atoms with Gasteiger partial charge in [-0.05, 0) is 18.4 Å². The van der Waals surface area contributed by atoms with Gasteiger partial charge < -0.3 is 5.32 Å². The van der Waals surface area contributed by atoms with E-state index >= 15 is 0 Å². The van der Waals surface area contributed by atoms with Gasteiger partial charge in [-0.25, -0.2) is 0 Å². The van der Waals surface area contributed by atoms with Crippen LogP contribution in [-0.4, -0.2) is 12.3 Å². The van der Waals surface area contributed by atoms with Crippen LogP contribution in [0.4, 0.5) is 0 Å². The average molecular weight is 117 g/mol. The van der Waals surface area contributed by atoms with Crippen molar-refractivity contribution in [2.45, 2.75) is 6.42 Å². The Bertz CT molecular complexity index is 45.3. The Balaban J connectivity index is 2.56. The van der Waals surface area contributed by atoms with Crippen LogP contribution in [0.1, 0.15) is 6.42 Å². The SMILES string of the molecule is C=CNCCCS. The van der Waals surface area contributed by atoms with Crippen LogP contribution in [0.15, 0.2) is 12.8 Å². The molecule has 0 saturated carbocycles. The first-order valence-electron chi connectivity index (χ1n) is 2.37. The minimum atomic E-state index is 0.945. The maximum absolute atomic E-state index is 4.02. The van der Waals surface area contributed by atoms with Gasteiger partial charge in [-0.15, -0.1) is 0 Å². The van der Waals surface area contributed by atoms with E-state index in [2.05, 4.69) is 24.5 Å². The minimum Gasteiger partial charge on any atom is -0.391 e. The molecule has 0 atom stereocenters. The highest BCUT2D eigenvalue weighted by molar-refractivity contribution is 7.80. The highest BCUT2D eigenvalue weighted by Gasteiger charge is 1.75. The van der Waals surface area contributed by atoms with Crippen LogP contribution in [0.5, 0.6) is 0 Å². The zero-order valence-electron chi connectivity index (χ0n) is 4.35. The highest BCUT2D eigenvalue weighted by Crippen LogP contribution is 1.78. The van der Waals surface area contributed by atoms with E-state index in [0.29, 0.717) is 0 Å². The molecule has 1 nitrogen and oxygen atoms in total. The van der Waals surface area contributed by atoms with Gasteiger partial charge in [0, 0.05) is 6.54 Å². The Morgan fingerprint density at radius 1 is 1.71 bits per heavy atom. The summed E-state index contributed by atoms with van der Waals surface area (Å²) in [5, 5.41) is 2.96. The molecule has 0 rings (SSSR count). The van der Waals surface area contributed by atoms with Gasteiger partial charge in [0.1, 0.15) is 0 Å². The number of thiol groups is 1. The van der Waals surface area contributed by atoms with Gasteiger partial charge >= 0.3 is 0 Å². The van der Waals surface area contributed by atoms with Gasteiger partial charge in [-0.1, -0.05) is 6.58 Å². The van der Waals surface area contributed by atoms with Crippen molar-refractivity contribution in [3.05, 3.63) is 12.8 Å². The number of rotatable bonds is 4. The first-order chi connectivity index (χ1) is 3.41. The van der Waals surface area contributed by atoms with E-state index in [9.17, 15) is 0 Å². The lowest BCUT2D eigenvalue weighted by Gasteiger charge is -1.93. The van der Waals surface area contributed by atoms with Crippen LogP contribution in [0.25, 0.3) is 0 Å². The Hall–Kier alpha value is -0.110. The third-order valence-corrected chi connectivity index (χ3v) is 0.940. The lowest BCUT2D eigenvalue weighted by atomic mass is 10.5. The Kier molecular flexibility index (Phi) is 5.80. The van der Waals surface area contributed by atoms with Gasteiger partial charge in [0.2, 0.25) is 0 Å². The standard InChI is InChI=1S/C5H11NS/c1-2-6-4-3-5-7/h2,6-7H,1,3-5H2. The van der Waals surface area contributed by atoms with E-state index in [1.165, 1.54) is 0 Å². The van der Waals surface area contributed by atoms with Crippen molar-refractivity contribution in [2.75, 3.05) is 12.3 Å². The van der Waals surface area contributed by atoms with Gasteiger partial charge in [0.25, 0.3) is 0 Å². The fourth-order valence-electron chi connectivity index (χ4n) is 0.283. The molecule has 0 aliphatic rings. The molecule has 0 amide bonds. The van der Waals surface area contributed by atoms with E-state index in [4.69, 9.17) is 0 Å². The lowest BCUT2D eigenvalue weighted by Crippen LogP contribution is -2.05. The molecule has 0 aromatic carbocycles. The largest absolute Gasteiger partial charge is 0.391 e. The second-order valence-electron chi connectivity index (χ2n) is 1.24. The summed E-state index contributed by atoms with van der Waals surface area (Å²) in [5.74, 6) is 0.945. The lowest BCUT2D eigenvalue weighted by molar-refractivity contribution is 0.819. The molecule has 0 unspecified atom stereocenters. The molecule has 0 bridgehead atoms. The second kappa shape index (κ2) is 5.89. The molecule has 0 aromatic rings. The van der Waals surface area contributed by atoms with Crippen LogP contribution in [0.2, 0.25) is 0 Å². The van der Waals surface area contributed by atoms with Gasteiger partial charge in [-0.2, -0.15) is 12.6 Å². The van der Waals surface area contributed by atoms with Crippen LogP contribution in [0, 0.1) is 0 Å². The van der Waals surface area contributed by atoms with Crippen molar-refractivity contribution in [2.24, 2.45) is 0 Å². The average Bonchev–Trinajstić information content (AvgIpc) is 1.69. The number of nitrogens with one attached hydrogen (secondary N) is 1. The summed E-state index contributed by atoms with van der Waals surface area (Å²) in [6.07, 6.45) is 2.80. The van der Waals surface area contributed by atoms with Crippen molar-refractivity contribution < 1.29 is 0 Å². The topological polar surface area (TPSA) is 12.0 Å². The van der Waals surface area contributed by atoms with E-state index in [0.717, 1.165) is 18.7 Å². The molecule has 0 aromatic heterocycles. The summed E-state index contributed by atoms with van der Waals surface area (Å²) in [6, 6.07) is 0. The fourth-order valence-corrected chi connectivity index (χ4v) is 0.441. The molecule has 0 spiro atoms. The highest BCUT2D eigenvalue weighted by atomic mass is 32.1. The first kappa shape index (κ1) is 6.89. The monoisotopic (exact) mass is 117 g/mol. The molecule has 0 fully saturated rings. The Morgan fingerprint density at radius 3 is 2.86 bits per heavy atom. The summed E-state index contributed by atoms with van der Waals surface area (Å²) in [4.78, 5) is 0. The van der Waals surface area contributed by atoms with Crippen molar-refractivity contribution in [3.63, 3.8) is 0 Å². The van der Waals surface area contributed by atoms with E-state index < -0.39 is 0 Å². The minimum absolute atomic E-state index is 0.945. The molecule has 0 aliphatic carbocycles. The van der Waals surface area contributed by atoms with Crippen LogP contribution >= 0.6 is 12.6 Å². The molecule has 42 valence electrons. The quantitative estimate of drug-likeness (QED) is 0.414. The van der Waals surface area contributed by atoms with Crippen LogP contribution in [-0.2, 0) is 0 Å². The third-order valence-electron chi connectivity index (χ3n) is 0.624. The number of hydrogen-bond acceptors (Lipinski definition) is 2. The molecule has 7 heavy (non-hydrogen) atoms. The van der Waals surface area contributed by atoms with Gasteiger partial charge in [-0.3, -0.25) is 0 Å². The van der Waals surface area contributed by atoms with E-state index in [1.54, 1.807) is 6.20 Å².